The van der Waals surface area contributed by atoms with Crippen molar-refractivity contribution in [3.05, 3.63) is 17.0 Å². The quantitative estimate of drug-likeness (QED) is 0.770. The SMILES string of the molecule is COC1CN(S(=O)(=O)c2cc(CCl)cs2)CC1OC. The van der Waals surface area contributed by atoms with Crippen molar-refractivity contribution >= 4 is 33.0 Å². The summed E-state index contributed by atoms with van der Waals surface area (Å²) in [6.07, 6.45) is -0.459. The van der Waals surface area contributed by atoms with Gasteiger partial charge >= 0.3 is 0 Å². The topological polar surface area (TPSA) is 55.8 Å². The molecule has 2 rings (SSSR count). The van der Waals surface area contributed by atoms with E-state index in [-0.39, 0.29) is 12.2 Å². The van der Waals surface area contributed by atoms with E-state index in [9.17, 15) is 8.42 Å². The van der Waals surface area contributed by atoms with Crippen molar-refractivity contribution in [1.29, 1.82) is 0 Å². The first-order chi connectivity index (χ1) is 9.02. The standard InChI is InChI=1S/C11H16ClNO4S2/c1-16-9-5-13(6-10(9)17-2)19(14,15)11-3-8(4-12)7-18-11/h3,7,9-10H,4-6H2,1-2H3. The Bertz CT molecular complexity index is 519. The van der Waals surface area contributed by atoms with Crippen LogP contribution in [-0.2, 0) is 25.4 Å². The Hall–Kier alpha value is -0.180. The highest BCUT2D eigenvalue weighted by Gasteiger charge is 2.40. The van der Waals surface area contributed by atoms with E-state index in [2.05, 4.69) is 0 Å². The molecule has 0 aliphatic carbocycles. The molecule has 2 heterocycles. The summed E-state index contributed by atoms with van der Waals surface area (Å²) in [7, 11) is -0.363. The summed E-state index contributed by atoms with van der Waals surface area (Å²) in [6.45, 7) is 0.622. The lowest BCUT2D eigenvalue weighted by atomic mass is 10.3. The Labute approximate surface area is 122 Å². The number of hydrogen-bond acceptors (Lipinski definition) is 5. The first-order valence-electron chi connectivity index (χ1n) is 5.72. The van der Waals surface area contributed by atoms with Gasteiger partial charge in [0.2, 0.25) is 0 Å². The number of hydrogen-bond donors (Lipinski definition) is 0. The van der Waals surface area contributed by atoms with Crippen LogP contribution < -0.4 is 0 Å². The molecule has 0 spiro atoms. The van der Waals surface area contributed by atoms with Crippen molar-refractivity contribution in [2.45, 2.75) is 22.3 Å². The average Bonchev–Trinajstić information content (AvgIpc) is 3.05. The molecule has 1 aromatic heterocycles. The lowest BCUT2D eigenvalue weighted by Gasteiger charge is -2.14. The van der Waals surface area contributed by atoms with Crippen molar-refractivity contribution in [2.24, 2.45) is 0 Å². The number of nitrogens with zero attached hydrogens (tertiary/aromatic N) is 1. The molecule has 0 radical (unpaired) electrons. The number of alkyl halides is 1. The predicted octanol–water partition coefficient (Wildman–Crippen LogP) is 1.52. The molecular weight excluding hydrogens is 310 g/mol. The minimum atomic E-state index is -3.48. The van der Waals surface area contributed by atoms with E-state index in [0.29, 0.717) is 23.2 Å². The van der Waals surface area contributed by atoms with Gasteiger partial charge in [0.05, 0.1) is 12.2 Å². The second kappa shape index (κ2) is 6.07. The second-order valence-electron chi connectivity index (χ2n) is 4.28. The normalized spacial score (nSPS) is 25.0. The third-order valence-corrected chi connectivity index (χ3v) is 6.77. The lowest BCUT2D eigenvalue weighted by molar-refractivity contribution is -0.00461. The Balaban J connectivity index is 2.21. The van der Waals surface area contributed by atoms with E-state index in [4.69, 9.17) is 21.1 Å². The molecule has 0 aromatic carbocycles. The summed E-state index contributed by atoms with van der Waals surface area (Å²) in [5.74, 6) is 0.313. The van der Waals surface area contributed by atoms with Gasteiger partial charge < -0.3 is 9.47 Å². The van der Waals surface area contributed by atoms with Crippen LogP contribution in [0, 0.1) is 0 Å². The number of ether oxygens (including phenoxy) is 2. The largest absolute Gasteiger partial charge is 0.377 e. The summed E-state index contributed by atoms with van der Waals surface area (Å²) in [4.78, 5) is 0. The molecule has 1 aliphatic rings. The molecule has 1 saturated heterocycles. The van der Waals surface area contributed by atoms with E-state index in [1.807, 2.05) is 0 Å². The highest BCUT2D eigenvalue weighted by molar-refractivity contribution is 7.91. The summed E-state index contributed by atoms with van der Waals surface area (Å²) < 4.78 is 37.2. The number of rotatable bonds is 5. The highest BCUT2D eigenvalue weighted by atomic mass is 35.5. The van der Waals surface area contributed by atoms with Gasteiger partial charge in [0.15, 0.2) is 0 Å². The van der Waals surface area contributed by atoms with Crippen molar-refractivity contribution in [3.63, 3.8) is 0 Å². The van der Waals surface area contributed by atoms with Crippen LogP contribution in [0.4, 0.5) is 0 Å². The van der Waals surface area contributed by atoms with Gasteiger partial charge in [0.25, 0.3) is 10.0 Å². The molecule has 0 N–H and O–H groups in total. The fourth-order valence-electron chi connectivity index (χ4n) is 2.05. The van der Waals surface area contributed by atoms with Gasteiger partial charge in [-0.25, -0.2) is 8.42 Å². The molecular formula is C11H16ClNO4S2. The average molecular weight is 326 g/mol. The first-order valence-corrected chi connectivity index (χ1v) is 8.57. The molecule has 1 aliphatic heterocycles. The second-order valence-corrected chi connectivity index (χ2v) is 7.62. The zero-order valence-electron chi connectivity index (χ0n) is 10.7. The van der Waals surface area contributed by atoms with E-state index in [0.717, 1.165) is 5.56 Å². The molecule has 0 amide bonds. The zero-order chi connectivity index (χ0) is 14.0. The number of halogens is 1. The van der Waals surface area contributed by atoms with Gasteiger partial charge in [0, 0.05) is 33.2 Å². The molecule has 19 heavy (non-hydrogen) atoms. The monoisotopic (exact) mass is 325 g/mol. The Kier molecular flexibility index (Phi) is 4.86. The smallest absolute Gasteiger partial charge is 0.252 e. The Morgan fingerprint density at radius 3 is 2.37 bits per heavy atom. The van der Waals surface area contributed by atoms with Gasteiger partial charge in [-0.15, -0.1) is 22.9 Å². The summed E-state index contributed by atoms with van der Waals surface area (Å²) >= 11 is 6.89. The van der Waals surface area contributed by atoms with Crippen LogP contribution in [0.2, 0.25) is 0 Å². The minimum Gasteiger partial charge on any atom is -0.377 e. The third-order valence-electron chi connectivity index (χ3n) is 3.17. The maximum atomic E-state index is 12.5. The van der Waals surface area contributed by atoms with Crippen LogP contribution in [0.3, 0.4) is 0 Å². The number of thiophene rings is 1. The molecule has 1 fully saturated rings. The van der Waals surface area contributed by atoms with Gasteiger partial charge in [-0.05, 0) is 17.0 Å². The molecule has 108 valence electrons. The number of sulfonamides is 1. The molecule has 1 aromatic rings. The number of methoxy groups -OCH3 is 2. The van der Waals surface area contributed by atoms with E-state index in [1.54, 1.807) is 25.7 Å². The molecule has 8 heteroatoms. The van der Waals surface area contributed by atoms with Crippen molar-refractivity contribution < 1.29 is 17.9 Å². The van der Waals surface area contributed by atoms with Crippen molar-refractivity contribution in [2.75, 3.05) is 27.3 Å². The highest BCUT2D eigenvalue weighted by Crippen LogP contribution is 2.28. The van der Waals surface area contributed by atoms with E-state index < -0.39 is 10.0 Å². The van der Waals surface area contributed by atoms with Crippen LogP contribution in [0.1, 0.15) is 5.56 Å². The van der Waals surface area contributed by atoms with Crippen LogP contribution in [0.15, 0.2) is 15.7 Å². The summed E-state index contributed by atoms with van der Waals surface area (Å²) in [6, 6.07) is 1.62. The van der Waals surface area contributed by atoms with Crippen molar-refractivity contribution in [3.8, 4) is 0 Å². The van der Waals surface area contributed by atoms with E-state index >= 15 is 0 Å². The van der Waals surface area contributed by atoms with E-state index in [1.165, 1.54) is 15.6 Å². The van der Waals surface area contributed by atoms with Gasteiger partial charge in [-0.3, -0.25) is 0 Å². The Morgan fingerprint density at radius 2 is 1.95 bits per heavy atom. The molecule has 2 atom stereocenters. The maximum absolute atomic E-state index is 12.5. The lowest BCUT2D eigenvalue weighted by Crippen LogP contribution is -2.29. The third kappa shape index (κ3) is 2.96. The van der Waals surface area contributed by atoms with Crippen LogP contribution in [0.25, 0.3) is 0 Å². The van der Waals surface area contributed by atoms with Gasteiger partial charge in [-0.2, -0.15) is 4.31 Å². The summed E-state index contributed by atoms with van der Waals surface area (Å²) in [5.41, 5.74) is 0.816. The van der Waals surface area contributed by atoms with Crippen LogP contribution in [0.5, 0.6) is 0 Å². The molecule has 2 unspecified atom stereocenters. The zero-order valence-corrected chi connectivity index (χ0v) is 13.1. The fraction of sp³-hybridized carbons (Fsp3) is 0.636. The van der Waals surface area contributed by atoms with Gasteiger partial charge in [0.1, 0.15) is 4.21 Å². The maximum Gasteiger partial charge on any atom is 0.252 e. The fourth-order valence-corrected chi connectivity index (χ4v) is 5.12. The molecule has 5 nitrogen and oxygen atoms in total. The Morgan fingerprint density at radius 1 is 1.37 bits per heavy atom. The first kappa shape index (κ1) is 15.2. The van der Waals surface area contributed by atoms with Gasteiger partial charge in [-0.1, -0.05) is 0 Å². The molecule has 0 saturated carbocycles. The van der Waals surface area contributed by atoms with Crippen molar-refractivity contribution in [1.82, 2.24) is 4.31 Å². The van der Waals surface area contributed by atoms with Crippen LogP contribution in [-0.4, -0.2) is 52.2 Å². The molecule has 0 bridgehead atoms. The van der Waals surface area contributed by atoms with Crippen LogP contribution >= 0.6 is 22.9 Å². The summed E-state index contributed by atoms with van der Waals surface area (Å²) in [5, 5.41) is 1.76. The predicted molar refractivity (Wildman–Crippen MR) is 74.2 cm³/mol. The minimum absolute atomic E-state index is 0.229.